The summed E-state index contributed by atoms with van der Waals surface area (Å²) >= 11 is 0. The number of para-hydroxylation sites is 2. The van der Waals surface area contributed by atoms with E-state index in [2.05, 4.69) is 29.7 Å². The van der Waals surface area contributed by atoms with Crippen molar-refractivity contribution in [3.8, 4) is 6.07 Å². The molecule has 2 rings (SSSR count). The van der Waals surface area contributed by atoms with Gasteiger partial charge in [-0.25, -0.2) is 4.98 Å². The van der Waals surface area contributed by atoms with E-state index in [1.54, 1.807) is 0 Å². The van der Waals surface area contributed by atoms with Gasteiger partial charge >= 0.3 is 0 Å². The lowest BCUT2D eigenvalue weighted by atomic mass is 9.91. The number of fused-ring (bicyclic) bond motifs is 1. The first kappa shape index (κ1) is 13.6. The molecule has 0 unspecified atom stereocenters. The number of hydrogen-bond donors (Lipinski definition) is 0. The summed E-state index contributed by atoms with van der Waals surface area (Å²) in [5.74, 6) is 1.14. The fourth-order valence-corrected chi connectivity index (χ4v) is 2.24. The predicted molar refractivity (Wildman–Crippen MR) is 77.7 cm³/mol. The van der Waals surface area contributed by atoms with Crippen molar-refractivity contribution in [3.05, 3.63) is 30.1 Å². The van der Waals surface area contributed by atoms with Gasteiger partial charge in [-0.05, 0) is 38.8 Å². The molecule has 0 fully saturated rings. The van der Waals surface area contributed by atoms with Crippen LogP contribution in [0.3, 0.4) is 0 Å². The molecule has 0 atom stereocenters. The number of nitrogens with zero attached hydrogens (tertiary/aromatic N) is 3. The molecule has 1 aromatic carbocycles. The molecular formula is C16H21N3. The molecule has 0 radical (unpaired) electrons. The minimum atomic E-state index is -0.283. The number of rotatable bonds is 5. The van der Waals surface area contributed by atoms with Crippen molar-refractivity contribution in [2.45, 2.75) is 46.6 Å². The van der Waals surface area contributed by atoms with Gasteiger partial charge in [0.05, 0.1) is 22.5 Å². The third-order valence-corrected chi connectivity index (χ3v) is 3.47. The number of imidazole rings is 1. The van der Waals surface area contributed by atoms with Crippen LogP contribution in [-0.4, -0.2) is 9.55 Å². The molecule has 19 heavy (non-hydrogen) atoms. The number of aryl methyl sites for hydroxylation is 2. The van der Waals surface area contributed by atoms with E-state index in [0.717, 1.165) is 37.1 Å². The van der Waals surface area contributed by atoms with Crippen molar-refractivity contribution in [1.82, 2.24) is 9.55 Å². The Bertz CT molecular complexity index is 602. The van der Waals surface area contributed by atoms with Crippen molar-refractivity contribution in [1.29, 1.82) is 5.26 Å². The zero-order valence-corrected chi connectivity index (χ0v) is 12.0. The summed E-state index contributed by atoms with van der Waals surface area (Å²) in [6.07, 6.45) is 2.92. The van der Waals surface area contributed by atoms with Gasteiger partial charge in [-0.3, -0.25) is 0 Å². The second-order valence-electron chi connectivity index (χ2n) is 5.66. The number of aromatic nitrogens is 2. The van der Waals surface area contributed by atoms with E-state index < -0.39 is 0 Å². The molecule has 1 aromatic heterocycles. The van der Waals surface area contributed by atoms with Crippen molar-refractivity contribution in [2.24, 2.45) is 5.41 Å². The molecule has 0 amide bonds. The van der Waals surface area contributed by atoms with E-state index in [1.807, 2.05) is 26.0 Å². The predicted octanol–water partition coefficient (Wildman–Crippen LogP) is 3.93. The fraction of sp³-hybridized carbons (Fsp3) is 0.500. The zero-order valence-electron chi connectivity index (χ0n) is 12.0. The van der Waals surface area contributed by atoms with Crippen molar-refractivity contribution < 1.29 is 0 Å². The minimum Gasteiger partial charge on any atom is -0.328 e. The summed E-state index contributed by atoms with van der Waals surface area (Å²) in [7, 11) is 0. The average Bonchev–Trinajstić information content (AvgIpc) is 2.74. The van der Waals surface area contributed by atoms with E-state index in [1.165, 1.54) is 5.52 Å². The highest BCUT2D eigenvalue weighted by molar-refractivity contribution is 5.75. The van der Waals surface area contributed by atoms with Crippen LogP contribution in [0.15, 0.2) is 24.3 Å². The van der Waals surface area contributed by atoms with Gasteiger partial charge in [-0.15, -0.1) is 0 Å². The first-order chi connectivity index (χ1) is 9.07. The molecule has 0 saturated carbocycles. The Hall–Kier alpha value is -1.82. The Morgan fingerprint density at radius 2 is 2.05 bits per heavy atom. The third kappa shape index (κ3) is 2.96. The highest BCUT2D eigenvalue weighted by Gasteiger charge is 2.18. The van der Waals surface area contributed by atoms with Crippen molar-refractivity contribution in [2.75, 3.05) is 0 Å². The standard InChI is InChI=1S/C16H21N3/c1-4-7-15-18-13-8-5-6-9-14(13)19(15)11-10-16(2,3)12-17/h5-6,8-9H,4,7,10-11H2,1-3H3. The van der Waals surface area contributed by atoms with Gasteiger partial charge in [0.1, 0.15) is 5.82 Å². The molecule has 2 aromatic rings. The van der Waals surface area contributed by atoms with Crippen molar-refractivity contribution >= 4 is 11.0 Å². The maximum absolute atomic E-state index is 9.13. The average molecular weight is 255 g/mol. The monoisotopic (exact) mass is 255 g/mol. The molecular weight excluding hydrogens is 234 g/mol. The summed E-state index contributed by atoms with van der Waals surface area (Å²) in [6, 6.07) is 10.6. The number of benzene rings is 1. The van der Waals surface area contributed by atoms with Crippen LogP contribution in [0.1, 0.15) is 39.4 Å². The molecule has 0 aliphatic heterocycles. The Kier molecular flexibility index (Phi) is 3.90. The Balaban J connectivity index is 2.34. The van der Waals surface area contributed by atoms with Gasteiger partial charge in [0, 0.05) is 13.0 Å². The van der Waals surface area contributed by atoms with E-state index >= 15 is 0 Å². The lowest BCUT2D eigenvalue weighted by Gasteiger charge is -2.16. The van der Waals surface area contributed by atoms with Gasteiger partial charge in [0.2, 0.25) is 0 Å². The van der Waals surface area contributed by atoms with Crippen LogP contribution >= 0.6 is 0 Å². The van der Waals surface area contributed by atoms with Crippen LogP contribution in [-0.2, 0) is 13.0 Å². The topological polar surface area (TPSA) is 41.6 Å². The van der Waals surface area contributed by atoms with Crippen molar-refractivity contribution in [3.63, 3.8) is 0 Å². The zero-order chi connectivity index (χ0) is 13.9. The van der Waals surface area contributed by atoms with Gasteiger partial charge in [0.15, 0.2) is 0 Å². The lowest BCUT2D eigenvalue weighted by Crippen LogP contribution is -2.14. The fourth-order valence-electron chi connectivity index (χ4n) is 2.24. The summed E-state index contributed by atoms with van der Waals surface area (Å²) in [4.78, 5) is 4.71. The van der Waals surface area contributed by atoms with Gasteiger partial charge in [-0.2, -0.15) is 5.26 Å². The largest absolute Gasteiger partial charge is 0.328 e. The minimum absolute atomic E-state index is 0.283. The van der Waals surface area contributed by atoms with E-state index in [0.29, 0.717) is 0 Å². The molecule has 0 spiro atoms. The first-order valence-corrected chi connectivity index (χ1v) is 6.93. The maximum Gasteiger partial charge on any atom is 0.109 e. The Morgan fingerprint density at radius 3 is 2.74 bits per heavy atom. The maximum atomic E-state index is 9.13. The summed E-state index contributed by atoms with van der Waals surface area (Å²) in [5, 5.41) is 9.13. The van der Waals surface area contributed by atoms with Gasteiger partial charge < -0.3 is 4.57 Å². The van der Waals surface area contributed by atoms with Crippen LogP contribution in [0.5, 0.6) is 0 Å². The molecule has 0 aliphatic rings. The van der Waals surface area contributed by atoms with Crippen LogP contribution in [0, 0.1) is 16.7 Å². The second kappa shape index (κ2) is 5.44. The smallest absolute Gasteiger partial charge is 0.109 e. The Labute approximate surface area is 114 Å². The summed E-state index contributed by atoms with van der Waals surface area (Å²) < 4.78 is 2.28. The van der Waals surface area contributed by atoms with Crippen LogP contribution < -0.4 is 0 Å². The number of nitriles is 1. The van der Waals surface area contributed by atoms with E-state index in [9.17, 15) is 0 Å². The van der Waals surface area contributed by atoms with Crippen LogP contribution in [0.25, 0.3) is 11.0 Å². The SMILES string of the molecule is CCCc1nc2ccccc2n1CCC(C)(C)C#N. The molecule has 0 saturated heterocycles. The third-order valence-electron chi connectivity index (χ3n) is 3.47. The normalized spacial score (nSPS) is 11.7. The molecule has 0 bridgehead atoms. The lowest BCUT2D eigenvalue weighted by molar-refractivity contribution is 0.412. The summed E-state index contributed by atoms with van der Waals surface area (Å²) in [5.41, 5.74) is 1.95. The highest BCUT2D eigenvalue weighted by atomic mass is 15.1. The number of hydrogen-bond acceptors (Lipinski definition) is 2. The van der Waals surface area contributed by atoms with Gasteiger partial charge in [0.25, 0.3) is 0 Å². The molecule has 100 valence electrons. The second-order valence-corrected chi connectivity index (χ2v) is 5.66. The highest BCUT2D eigenvalue weighted by Crippen LogP contribution is 2.23. The molecule has 0 aliphatic carbocycles. The quantitative estimate of drug-likeness (QED) is 0.812. The molecule has 3 heteroatoms. The van der Waals surface area contributed by atoms with E-state index in [-0.39, 0.29) is 5.41 Å². The van der Waals surface area contributed by atoms with Crippen LogP contribution in [0.4, 0.5) is 0 Å². The first-order valence-electron chi connectivity index (χ1n) is 6.93. The van der Waals surface area contributed by atoms with E-state index in [4.69, 9.17) is 10.2 Å². The van der Waals surface area contributed by atoms with Crippen LogP contribution in [0.2, 0.25) is 0 Å². The summed E-state index contributed by atoms with van der Waals surface area (Å²) in [6.45, 7) is 7.01. The molecule has 1 heterocycles. The molecule has 0 N–H and O–H groups in total. The molecule has 3 nitrogen and oxygen atoms in total. The van der Waals surface area contributed by atoms with Gasteiger partial charge in [-0.1, -0.05) is 19.1 Å². The Morgan fingerprint density at radius 1 is 1.32 bits per heavy atom.